The van der Waals surface area contributed by atoms with Gasteiger partial charge in [-0.15, -0.1) is 5.10 Å². The molecular weight excluding hydrogens is 1370 g/mol. The number of ether oxygens (including phenoxy) is 8. The van der Waals surface area contributed by atoms with Gasteiger partial charge in [0.05, 0.1) is 133 Å². The van der Waals surface area contributed by atoms with E-state index in [9.17, 15) is 33.6 Å². The zero-order chi connectivity index (χ0) is 74.9. The second-order valence-electron chi connectivity index (χ2n) is 26.6. The van der Waals surface area contributed by atoms with E-state index in [0.29, 0.717) is 110 Å². The van der Waals surface area contributed by atoms with Crippen molar-refractivity contribution in [3.05, 3.63) is 167 Å². The lowest BCUT2D eigenvalue weighted by atomic mass is 9.95. The largest absolute Gasteiger partial charge is 0.497 e. The number of anilines is 2. The third-order valence-corrected chi connectivity index (χ3v) is 18.9. The van der Waals surface area contributed by atoms with Gasteiger partial charge in [0.25, 0.3) is 11.8 Å². The average molecular weight is 1460 g/mol. The van der Waals surface area contributed by atoms with Gasteiger partial charge in [-0.1, -0.05) is 85.8 Å². The Morgan fingerprint density at radius 3 is 1.81 bits per heavy atom. The number of aliphatic imine (C=N–C) groups is 2. The molecule has 1 aromatic heterocycles. The molecule has 0 saturated carbocycles. The summed E-state index contributed by atoms with van der Waals surface area (Å²) in [6.07, 6.45) is 8.99. The standard InChI is InChI=1S/C80H88N12O15/c1-49(2)74(86-72(94)26-30-102-32-34-104-36-37-105-35-33-103-31-27-81-71(93)24-25-73(95)92-46-54-12-7-8-13-61(54)75-76(88-89-87-75)62-14-9-10-15-67(62)92)78(97)84-51(4)77(96)85-57-20-16-52(17-21-57)55-39-59-45-83-66-43-70(69(101-6)41-64(66)80(99)91(59)47-55)107-29-11-28-106-68-42-65-63(38-50(68)3)79(98)90-48-56(40-58(90)44-82-65)53-18-22-60(100-5)23-19-53/h7-10,12-23,38,41-45,47-49,51,58-59,74H,11,24-37,39-40,46H2,1-6H3,(H,81,93)(H,84,97)(H,85,96)(H,86,94)(H,87,88,89)/t51-,58-,59-,74-/m0/s1. The number of carbonyl (C=O) groups excluding carboxylic acids is 7. The van der Waals surface area contributed by atoms with Crippen LogP contribution in [0.4, 0.5) is 22.7 Å². The highest BCUT2D eigenvalue weighted by molar-refractivity contribution is 6.07. The van der Waals surface area contributed by atoms with Crippen LogP contribution in [0.15, 0.2) is 144 Å². The number of aryl methyl sites for hydroxylation is 1. The molecular formula is C80H88N12O15. The number of para-hydroxylation sites is 1. The molecule has 0 fully saturated rings. The number of rotatable bonds is 34. The normalized spacial score (nSPS) is 15.8. The first kappa shape index (κ1) is 75.3. The van der Waals surface area contributed by atoms with E-state index in [2.05, 4.69) is 36.7 Å². The number of carbonyl (C=O) groups is 7. The maximum absolute atomic E-state index is 14.2. The monoisotopic (exact) mass is 1460 g/mol. The highest BCUT2D eigenvalue weighted by Crippen LogP contribution is 2.43. The molecule has 7 amide bonds. The molecule has 5 aliphatic rings. The Labute approximate surface area is 620 Å². The zero-order valence-corrected chi connectivity index (χ0v) is 60.7. The first-order valence-corrected chi connectivity index (χ1v) is 35.9. The van der Waals surface area contributed by atoms with E-state index in [1.165, 1.54) is 7.11 Å². The Kier molecular flexibility index (Phi) is 25.1. The van der Waals surface area contributed by atoms with E-state index < -0.39 is 23.9 Å². The van der Waals surface area contributed by atoms with Crippen molar-refractivity contribution in [3.63, 3.8) is 0 Å². The Bertz CT molecular complexity index is 4530. The summed E-state index contributed by atoms with van der Waals surface area (Å²) < 4.78 is 45.8. The van der Waals surface area contributed by atoms with E-state index in [1.807, 2.05) is 123 Å². The van der Waals surface area contributed by atoms with Crippen LogP contribution in [0.1, 0.15) is 102 Å². The van der Waals surface area contributed by atoms with Gasteiger partial charge in [-0.05, 0) is 95.6 Å². The first-order valence-electron chi connectivity index (χ1n) is 35.9. The molecule has 107 heavy (non-hydrogen) atoms. The van der Waals surface area contributed by atoms with Gasteiger partial charge in [-0.2, -0.15) is 0 Å². The van der Waals surface area contributed by atoms with Gasteiger partial charge in [-0.25, -0.2) is 0 Å². The van der Waals surface area contributed by atoms with E-state index >= 15 is 0 Å². The van der Waals surface area contributed by atoms with E-state index in [4.69, 9.17) is 47.9 Å². The molecule has 5 aliphatic heterocycles. The van der Waals surface area contributed by atoms with Gasteiger partial charge < -0.3 is 73.9 Å². The quantitative estimate of drug-likeness (QED) is 0.0234. The van der Waals surface area contributed by atoms with Crippen molar-refractivity contribution in [2.75, 3.05) is 97.0 Å². The van der Waals surface area contributed by atoms with Crippen molar-refractivity contribution >= 4 is 87.7 Å². The van der Waals surface area contributed by atoms with Crippen LogP contribution in [0.2, 0.25) is 0 Å². The number of amides is 7. The number of methoxy groups -OCH3 is 2. The lowest BCUT2D eigenvalue weighted by Gasteiger charge is -2.28. The van der Waals surface area contributed by atoms with Crippen molar-refractivity contribution in [3.8, 4) is 45.5 Å². The van der Waals surface area contributed by atoms with E-state index in [-0.39, 0.29) is 106 Å². The first-order chi connectivity index (χ1) is 52.0. The van der Waals surface area contributed by atoms with Crippen molar-refractivity contribution in [1.82, 2.24) is 41.2 Å². The molecule has 12 rings (SSSR count). The summed E-state index contributed by atoms with van der Waals surface area (Å²) in [5.74, 6) is -0.270. The van der Waals surface area contributed by atoms with Crippen molar-refractivity contribution < 1.29 is 71.5 Å². The zero-order valence-electron chi connectivity index (χ0n) is 60.7. The number of hydrogen-bond acceptors (Lipinski definition) is 19. The number of fused-ring (bicyclic) bond motifs is 9. The maximum Gasteiger partial charge on any atom is 0.260 e. The van der Waals surface area contributed by atoms with Crippen LogP contribution in [0.3, 0.4) is 0 Å². The van der Waals surface area contributed by atoms with Crippen LogP contribution >= 0.6 is 0 Å². The Morgan fingerprint density at radius 2 is 1.17 bits per heavy atom. The van der Waals surface area contributed by atoms with Crippen LogP contribution in [0.5, 0.6) is 23.0 Å². The fourth-order valence-electron chi connectivity index (χ4n) is 13.1. The van der Waals surface area contributed by atoms with Crippen LogP contribution in [0.25, 0.3) is 33.7 Å². The smallest absolute Gasteiger partial charge is 0.260 e. The van der Waals surface area contributed by atoms with Gasteiger partial charge in [0.15, 0.2) is 11.5 Å². The van der Waals surface area contributed by atoms with Gasteiger partial charge >= 0.3 is 0 Å². The van der Waals surface area contributed by atoms with Crippen LogP contribution in [0, 0.1) is 12.8 Å². The maximum atomic E-state index is 14.2. The predicted molar refractivity (Wildman–Crippen MR) is 402 cm³/mol. The highest BCUT2D eigenvalue weighted by Gasteiger charge is 2.36. The SMILES string of the molecule is COc1ccc(C2=CN3C(=O)c4cc(C)c(OCCCOc5cc6c(cc5OC)C(=O)N5C=C(c7ccc(NC(=O)[C@H](C)NC(=O)[C@@H](NC(=O)CCOCCOCCOCCOCCNC(=O)CCC(=O)N8Cc9ccccc9-c9nn[nH]c9-c9ccccc98)C(C)C)cc7)C[C@H]5C=N6)cc4N=C[C@@H]3C2)cc1. The summed E-state index contributed by atoms with van der Waals surface area (Å²) in [6.45, 7) is 10.4. The molecule has 0 aliphatic carbocycles. The molecule has 0 spiro atoms. The van der Waals surface area contributed by atoms with Gasteiger partial charge in [0.2, 0.25) is 29.5 Å². The molecule has 5 N–H and O–H groups in total. The van der Waals surface area contributed by atoms with Crippen molar-refractivity contribution in [2.45, 2.75) is 96.9 Å². The van der Waals surface area contributed by atoms with Gasteiger partial charge in [0, 0.05) is 98.8 Å². The molecule has 7 aromatic rings. The van der Waals surface area contributed by atoms with Crippen molar-refractivity contribution in [2.24, 2.45) is 15.9 Å². The van der Waals surface area contributed by atoms with E-state index in [0.717, 1.165) is 61.7 Å². The fourth-order valence-corrected chi connectivity index (χ4v) is 13.1. The minimum atomic E-state index is -0.947. The summed E-state index contributed by atoms with van der Waals surface area (Å²) in [4.78, 5) is 109. The highest BCUT2D eigenvalue weighted by atomic mass is 16.6. The molecule has 6 aromatic carbocycles. The summed E-state index contributed by atoms with van der Waals surface area (Å²) in [5.41, 5.74) is 11.7. The van der Waals surface area contributed by atoms with Gasteiger partial charge in [-0.3, -0.25) is 48.6 Å². The summed E-state index contributed by atoms with van der Waals surface area (Å²) in [6, 6.07) is 34.9. The lowest BCUT2D eigenvalue weighted by molar-refractivity contribution is -0.132. The third kappa shape index (κ3) is 18.5. The predicted octanol–water partition coefficient (Wildman–Crippen LogP) is 9.74. The minimum absolute atomic E-state index is 0.00129. The molecule has 4 atom stereocenters. The lowest BCUT2D eigenvalue weighted by Crippen LogP contribution is -2.53. The molecule has 27 nitrogen and oxygen atoms in total. The molecule has 27 heteroatoms. The van der Waals surface area contributed by atoms with Crippen molar-refractivity contribution in [1.29, 1.82) is 0 Å². The molecule has 6 heterocycles. The second-order valence-corrected chi connectivity index (χ2v) is 26.6. The molecule has 0 unspecified atom stereocenters. The summed E-state index contributed by atoms with van der Waals surface area (Å²) in [7, 11) is 3.15. The van der Waals surface area contributed by atoms with Crippen LogP contribution in [-0.4, -0.2) is 190 Å². The average Bonchev–Trinajstić information content (AvgIpc) is 1.76. The topological polar surface area (TPSA) is 317 Å². The number of H-pyrrole nitrogens is 1. The number of hydrogen-bond donors (Lipinski definition) is 5. The second kappa shape index (κ2) is 35.6. The summed E-state index contributed by atoms with van der Waals surface area (Å²) in [5, 5.41) is 22.6. The minimum Gasteiger partial charge on any atom is -0.497 e. The Balaban J connectivity index is 0.497. The van der Waals surface area contributed by atoms with Crippen LogP contribution < -0.4 is 45.1 Å². The number of aromatic nitrogens is 3. The summed E-state index contributed by atoms with van der Waals surface area (Å²) >= 11 is 0. The number of nitrogens with zero attached hydrogens (tertiary/aromatic N) is 7. The van der Waals surface area contributed by atoms with Gasteiger partial charge in [0.1, 0.15) is 29.3 Å². The third-order valence-electron chi connectivity index (χ3n) is 18.9. The Hall–Kier alpha value is -11.4. The molecule has 0 bridgehead atoms. The molecule has 0 saturated heterocycles. The number of benzene rings is 6. The van der Waals surface area contributed by atoms with E-state index in [1.54, 1.807) is 73.1 Å². The molecule has 558 valence electrons. The van der Waals surface area contributed by atoms with Crippen LogP contribution in [-0.2, 0) is 49.5 Å². The molecule has 0 radical (unpaired) electrons. The Morgan fingerprint density at radius 1 is 0.579 bits per heavy atom. The number of aromatic amines is 1. The fraction of sp³-hybridized carbons (Fsp3) is 0.362. The number of nitrogens with one attached hydrogen (secondary N) is 5.